The number of hydrogen-bond donors (Lipinski definition) is 1. The van der Waals surface area contributed by atoms with E-state index in [2.05, 4.69) is 25.2 Å². The molecule has 0 rings (SSSR count). The Kier molecular flexibility index (Phi) is 7.59. The number of rotatable bonds is 6. The standard InChI is InChI=1S/C10H21N/c1-4-6-10(7-5-2)8-9-11-3/h8,11H,4-7,9H2,1-3H3. The van der Waals surface area contributed by atoms with Crippen molar-refractivity contribution in [3.8, 4) is 0 Å². The maximum Gasteiger partial charge on any atom is 0.0134 e. The van der Waals surface area contributed by atoms with Crippen LogP contribution < -0.4 is 5.32 Å². The van der Waals surface area contributed by atoms with Crippen LogP contribution in [-0.2, 0) is 0 Å². The highest BCUT2D eigenvalue weighted by atomic mass is 14.8. The second kappa shape index (κ2) is 7.80. The van der Waals surface area contributed by atoms with Gasteiger partial charge in [-0.15, -0.1) is 0 Å². The van der Waals surface area contributed by atoms with Gasteiger partial charge in [-0.3, -0.25) is 0 Å². The molecular formula is C10H21N. The molecule has 0 bridgehead atoms. The van der Waals surface area contributed by atoms with Crippen molar-refractivity contribution >= 4 is 0 Å². The fourth-order valence-corrected chi connectivity index (χ4v) is 1.22. The van der Waals surface area contributed by atoms with Crippen LogP contribution in [0.4, 0.5) is 0 Å². The Morgan fingerprint density at radius 3 is 2.09 bits per heavy atom. The van der Waals surface area contributed by atoms with Gasteiger partial charge >= 0.3 is 0 Å². The first-order valence-electron chi connectivity index (χ1n) is 4.67. The molecule has 0 saturated carbocycles. The molecule has 0 aliphatic carbocycles. The van der Waals surface area contributed by atoms with Gasteiger partial charge in [-0.2, -0.15) is 0 Å². The maximum atomic E-state index is 3.14. The minimum absolute atomic E-state index is 1.02. The van der Waals surface area contributed by atoms with Gasteiger partial charge in [0.15, 0.2) is 0 Å². The van der Waals surface area contributed by atoms with Crippen LogP contribution in [0.25, 0.3) is 0 Å². The van der Waals surface area contributed by atoms with E-state index in [1.807, 2.05) is 7.05 Å². The van der Waals surface area contributed by atoms with Crippen molar-refractivity contribution < 1.29 is 0 Å². The summed E-state index contributed by atoms with van der Waals surface area (Å²) in [6, 6.07) is 0. The minimum Gasteiger partial charge on any atom is -0.316 e. The maximum absolute atomic E-state index is 3.14. The van der Waals surface area contributed by atoms with E-state index in [9.17, 15) is 0 Å². The van der Waals surface area contributed by atoms with E-state index in [1.165, 1.54) is 25.7 Å². The van der Waals surface area contributed by atoms with Crippen LogP contribution in [0.5, 0.6) is 0 Å². The van der Waals surface area contributed by atoms with Crippen LogP contribution in [0.3, 0.4) is 0 Å². The smallest absolute Gasteiger partial charge is 0.0134 e. The van der Waals surface area contributed by atoms with Gasteiger partial charge < -0.3 is 5.32 Å². The lowest BCUT2D eigenvalue weighted by atomic mass is 10.1. The molecule has 1 N–H and O–H groups in total. The van der Waals surface area contributed by atoms with Crippen LogP contribution in [0.1, 0.15) is 39.5 Å². The van der Waals surface area contributed by atoms with E-state index in [1.54, 1.807) is 5.57 Å². The van der Waals surface area contributed by atoms with Crippen molar-refractivity contribution in [3.05, 3.63) is 11.6 Å². The van der Waals surface area contributed by atoms with E-state index in [-0.39, 0.29) is 0 Å². The fourth-order valence-electron chi connectivity index (χ4n) is 1.22. The van der Waals surface area contributed by atoms with E-state index in [0.29, 0.717) is 0 Å². The van der Waals surface area contributed by atoms with Gasteiger partial charge in [-0.1, -0.05) is 38.3 Å². The predicted octanol–water partition coefficient (Wildman–Crippen LogP) is 2.73. The Labute approximate surface area is 70.9 Å². The Bertz CT molecular complexity index is 97.4. The molecule has 0 atom stereocenters. The normalized spacial score (nSPS) is 9.73. The number of likely N-dealkylation sites (N-methyl/N-ethyl adjacent to an activating group) is 1. The summed E-state index contributed by atoms with van der Waals surface area (Å²) in [4.78, 5) is 0. The third kappa shape index (κ3) is 6.11. The molecule has 11 heavy (non-hydrogen) atoms. The Morgan fingerprint density at radius 1 is 1.18 bits per heavy atom. The van der Waals surface area contributed by atoms with E-state index in [0.717, 1.165) is 6.54 Å². The summed E-state index contributed by atoms with van der Waals surface area (Å²) in [6.45, 7) is 5.50. The SMILES string of the molecule is CCCC(=CCNC)CCC. The highest BCUT2D eigenvalue weighted by Gasteiger charge is 1.92. The lowest BCUT2D eigenvalue weighted by molar-refractivity contribution is 0.788. The molecule has 1 nitrogen and oxygen atoms in total. The predicted molar refractivity (Wildman–Crippen MR) is 51.8 cm³/mol. The average molecular weight is 155 g/mol. The molecule has 0 fully saturated rings. The first-order chi connectivity index (χ1) is 5.35. The lowest BCUT2D eigenvalue weighted by Crippen LogP contribution is -2.05. The Balaban J connectivity index is 3.66. The van der Waals surface area contributed by atoms with Crippen molar-refractivity contribution in [2.45, 2.75) is 39.5 Å². The molecule has 0 heterocycles. The molecule has 0 aromatic carbocycles. The zero-order valence-electron chi connectivity index (χ0n) is 8.11. The van der Waals surface area contributed by atoms with Gasteiger partial charge in [-0.05, 0) is 19.9 Å². The summed E-state index contributed by atoms with van der Waals surface area (Å²) in [6.07, 6.45) is 7.42. The van der Waals surface area contributed by atoms with Crippen LogP contribution in [-0.4, -0.2) is 13.6 Å². The lowest BCUT2D eigenvalue weighted by Gasteiger charge is -2.03. The number of allylic oxidation sites excluding steroid dienone is 1. The van der Waals surface area contributed by atoms with Gasteiger partial charge in [0, 0.05) is 6.54 Å². The molecule has 0 aliphatic heterocycles. The summed E-state index contributed by atoms with van der Waals surface area (Å²) >= 11 is 0. The minimum atomic E-state index is 1.02. The second-order valence-corrected chi connectivity index (χ2v) is 2.92. The molecule has 0 spiro atoms. The third-order valence-electron chi connectivity index (χ3n) is 1.74. The molecule has 0 radical (unpaired) electrons. The monoisotopic (exact) mass is 155 g/mol. The van der Waals surface area contributed by atoms with Crippen LogP contribution in [0.15, 0.2) is 11.6 Å². The van der Waals surface area contributed by atoms with Crippen molar-refractivity contribution in [1.29, 1.82) is 0 Å². The highest BCUT2D eigenvalue weighted by Crippen LogP contribution is 2.10. The topological polar surface area (TPSA) is 12.0 Å². The molecule has 0 aromatic rings. The Morgan fingerprint density at radius 2 is 1.73 bits per heavy atom. The van der Waals surface area contributed by atoms with Crippen LogP contribution in [0, 0.1) is 0 Å². The molecule has 1 heteroatoms. The number of hydrogen-bond acceptors (Lipinski definition) is 1. The van der Waals surface area contributed by atoms with Gasteiger partial charge in [-0.25, -0.2) is 0 Å². The quantitative estimate of drug-likeness (QED) is 0.582. The molecular weight excluding hydrogens is 134 g/mol. The molecule has 0 unspecified atom stereocenters. The van der Waals surface area contributed by atoms with Gasteiger partial charge in [0.05, 0.1) is 0 Å². The number of nitrogens with one attached hydrogen (secondary N) is 1. The fraction of sp³-hybridized carbons (Fsp3) is 0.800. The summed E-state index contributed by atoms with van der Waals surface area (Å²) < 4.78 is 0. The van der Waals surface area contributed by atoms with E-state index < -0.39 is 0 Å². The first kappa shape index (κ1) is 10.7. The summed E-state index contributed by atoms with van der Waals surface area (Å²) in [7, 11) is 1.99. The molecule has 0 saturated heterocycles. The molecule has 0 aromatic heterocycles. The third-order valence-corrected chi connectivity index (χ3v) is 1.74. The largest absolute Gasteiger partial charge is 0.316 e. The van der Waals surface area contributed by atoms with Crippen molar-refractivity contribution in [2.24, 2.45) is 0 Å². The summed E-state index contributed by atoms with van der Waals surface area (Å²) in [5, 5.41) is 3.14. The van der Waals surface area contributed by atoms with Gasteiger partial charge in [0.25, 0.3) is 0 Å². The van der Waals surface area contributed by atoms with Crippen LogP contribution in [0.2, 0.25) is 0 Å². The van der Waals surface area contributed by atoms with Crippen molar-refractivity contribution in [3.63, 3.8) is 0 Å². The van der Waals surface area contributed by atoms with Gasteiger partial charge in [0.1, 0.15) is 0 Å². The zero-order valence-corrected chi connectivity index (χ0v) is 8.11. The summed E-state index contributed by atoms with van der Waals surface area (Å²) in [5.74, 6) is 0. The van der Waals surface area contributed by atoms with Gasteiger partial charge in [0.2, 0.25) is 0 Å². The molecule has 0 amide bonds. The van der Waals surface area contributed by atoms with Crippen LogP contribution >= 0.6 is 0 Å². The second-order valence-electron chi connectivity index (χ2n) is 2.92. The van der Waals surface area contributed by atoms with E-state index in [4.69, 9.17) is 0 Å². The molecule has 66 valence electrons. The summed E-state index contributed by atoms with van der Waals surface area (Å²) in [5.41, 5.74) is 1.62. The average Bonchev–Trinajstić information content (AvgIpc) is 2.01. The first-order valence-corrected chi connectivity index (χ1v) is 4.67. The highest BCUT2D eigenvalue weighted by molar-refractivity contribution is 5.02. The molecule has 0 aliphatic rings. The Hall–Kier alpha value is -0.300. The van der Waals surface area contributed by atoms with E-state index >= 15 is 0 Å². The van der Waals surface area contributed by atoms with Crippen molar-refractivity contribution in [1.82, 2.24) is 5.32 Å². The van der Waals surface area contributed by atoms with Crippen molar-refractivity contribution in [2.75, 3.05) is 13.6 Å². The zero-order chi connectivity index (χ0) is 8.53.